The van der Waals surface area contributed by atoms with E-state index in [0.717, 1.165) is 17.0 Å². The van der Waals surface area contributed by atoms with Crippen LogP contribution in [0.4, 0.5) is 5.82 Å². The second kappa shape index (κ2) is 7.19. The van der Waals surface area contributed by atoms with Crippen molar-refractivity contribution in [1.82, 2.24) is 19.7 Å². The first-order valence-electron chi connectivity index (χ1n) is 8.60. The fourth-order valence-corrected chi connectivity index (χ4v) is 2.51. The zero-order chi connectivity index (χ0) is 19.6. The third-order valence-electron chi connectivity index (χ3n) is 4.09. The van der Waals surface area contributed by atoms with Crippen LogP contribution in [0.3, 0.4) is 0 Å². The molecule has 3 rings (SSSR count). The molecule has 7 heteroatoms. The Bertz CT molecular complexity index is 938. The summed E-state index contributed by atoms with van der Waals surface area (Å²) in [6.45, 7) is 6.08. The Kier molecular flexibility index (Phi) is 4.94. The number of benzene rings is 1. The van der Waals surface area contributed by atoms with E-state index >= 15 is 0 Å². The molecule has 0 saturated heterocycles. The van der Waals surface area contributed by atoms with Crippen LogP contribution >= 0.6 is 0 Å². The lowest BCUT2D eigenvalue weighted by Gasteiger charge is -2.15. The number of aryl methyl sites for hydroxylation is 1. The van der Waals surface area contributed by atoms with Crippen molar-refractivity contribution in [3.05, 3.63) is 54.1 Å². The van der Waals surface area contributed by atoms with Gasteiger partial charge >= 0.3 is 0 Å². The summed E-state index contributed by atoms with van der Waals surface area (Å²) in [5, 5.41) is 7.31. The van der Waals surface area contributed by atoms with E-state index in [1.54, 1.807) is 31.2 Å². The molecule has 7 nitrogen and oxygen atoms in total. The first-order valence-corrected chi connectivity index (χ1v) is 8.60. The molecule has 0 radical (unpaired) electrons. The Labute approximate surface area is 158 Å². The van der Waals surface area contributed by atoms with E-state index in [-0.39, 0.29) is 11.3 Å². The molecule has 140 valence electrons. The van der Waals surface area contributed by atoms with Gasteiger partial charge in [0, 0.05) is 36.5 Å². The Morgan fingerprint density at radius 3 is 2.30 bits per heavy atom. The molecule has 0 aliphatic rings. The molecule has 0 spiro atoms. The fraction of sp³-hybridized carbons (Fsp3) is 0.300. The van der Waals surface area contributed by atoms with Gasteiger partial charge < -0.3 is 10.1 Å². The van der Waals surface area contributed by atoms with Crippen molar-refractivity contribution >= 4 is 11.7 Å². The number of ether oxygens (including phenoxy) is 1. The molecule has 0 fully saturated rings. The van der Waals surface area contributed by atoms with Crippen LogP contribution in [-0.2, 0) is 12.5 Å². The van der Waals surface area contributed by atoms with Gasteiger partial charge in [0.05, 0.1) is 18.4 Å². The minimum absolute atomic E-state index is 0.162. The highest BCUT2D eigenvalue weighted by atomic mass is 16.5. The van der Waals surface area contributed by atoms with Crippen molar-refractivity contribution in [3.8, 4) is 17.0 Å². The predicted molar refractivity (Wildman–Crippen MR) is 104 cm³/mol. The summed E-state index contributed by atoms with van der Waals surface area (Å²) in [6.07, 6.45) is 3.09. The quantitative estimate of drug-likeness (QED) is 0.766. The minimum Gasteiger partial charge on any atom is -0.497 e. The van der Waals surface area contributed by atoms with Crippen molar-refractivity contribution in [2.24, 2.45) is 7.05 Å². The van der Waals surface area contributed by atoms with Crippen molar-refractivity contribution in [1.29, 1.82) is 0 Å². The van der Waals surface area contributed by atoms with Crippen LogP contribution in [0.1, 0.15) is 37.0 Å². The van der Waals surface area contributed by atoms with Gasteiger partial charge in [-0.15, -0.1) is 0 Å². The zero-order valence-corrected chi connectivity index (χ0v) is 16.1. The van der Waals surface area contributed by atoms with Gasteiger partial charge in [0.15, 0.2) is 0 Å². The number of aromatic nitrogens is 4. The minimum atomic E-state index is -0.278. The second-order valence-corrected chi connectivity index (χ2v) is 7.27. The molecule has 0 saturated carbocycles. The van der Waals surface area contributed by atoms with E-state index < -0.39 is 0 Å². The summed E-state index contributed by atoms with van der Waals surface area (Å²) < 4.78 is 6.80. The molecule has 0 bridgehead atoms. The van der Waals surface area contributed by atoms with Gasteiger partial charge in [0.1, 0.15) is 17.4 Å². The number of nitrogens with zero attached hydrogens (tertiary/aromatic N) is 4. The van der Waals surface area contributed by atoms with Crippen molar-refractivity contribution in [2.75, 3.05) is 12.4 Å². The van der Waals surface area contributed by atoms with Crippen LogP contribution in [0.5, 0.6) is 5.75 Å². The number of carbonyl (C=O) groups excluding carboxylic acids is 1. The SMILES string of the molecule is COc1ccc(-c2cc(NC(=O)c3cnc(C(C)(C)C)nc3)n(C)n2)cc1. The number of carbonyl (C=O) groups is 1. The summed E-state index contributed by atoms with van der Waals surface area (Å²) in [5.74, 6) is 1.79. The summed E-state index contributed by atoms with van der Waals surface area (Å²) in [7, 11) is 3.41. The lowest BCUT2D eigenvalue weighted by atomic mass is 9.96. The number of hydrogen-bond acceptors (Lipinski definition) is 5. The van der Waals surface area contributed by atoms with Gasteiger partial charge in [-0.3, -0.25) is 9.48 Å². The lowest BCUT2D eigenvalue weighted by Crippen LogP contribution is -2.19. The van der Waals surface area contributed by atoms with Crippen molar-refractivity contribution in [2.45, 2.75) is 26.2 Å². The lowest BCUT2D eigenvalue weighted by molar-refractivity contribution is 0.102. The normalized spacial score (nSPS) is 11.3. The third kappa shape index (κ3) is 4.13. The summed E-state index contributed by atoms with van der Waals surface area (Å²) >= 11 is 0. The van der Waals surface area contributed by atoms with Gasteiger partial charge in [-0.25, -0.2) is 9.97 Å². The van der Waals surface area contributed by atoms with Crippen LogP contribution in [0, 0.1) is 0 Å². The number of nitrogens with one attached hydrogen (secondary N) is 1. The number of methoxy groups -OCH3 is 1. The molecular formula is C20H23N5O2. The Balaban J connectivity index is 1.77. The molecule has 0 atom stereocenters. The summed E-state index contributed by atoms with van der Waals surface area (Å²) in [6, 6.07) is 9.41. The Morgan fingerprint density at radius 2 is 1.74 bits per heavy atom. The molecule has 1 N–H and O–H groups in total. The van der Waals surface area contributed by atoms with Gasteiger partial charge in [0.25, 0.3) is 5.91 Å². The molecule has 0 aliphatic heterocycles. The van der Waals surface area contributed by atoms with Crippen LogP contribution in [0.2, 0.25) is 0 Å². The topological polar surface area (TPSA) is 81.9 Å². The van der Waals surface area contributed by atoms with E-state index in [9.17, 15) is 4.79 Å². The molecule has 27 heavy (non-hydrogen) atoms. The monoisotopic (exact) mass is 365 g/mol. The number of rotatable bonds is 4. The van der Waals surface area contributed by atoms with Gasteiger partial charge in [-0.05, 0) is 24.3 Å². The maximum Gasteiger partial charge on any atom is 0.259 e. The van der Waals surface area contributed by atoms with E-state index in [1.807, 2.05) is 51.1 Å². The summed E-state index contributed by atoms with van der Waals surface area (Å²) in [5.41, 5.74) is 1.93. The van der Waals surface area contributed by atoms with E-state index in [4.69, 9.17) is 4.74 Å². The number of anilines is 1. The maximum atomic E-state index is 12.5. The van der Waals surface area contributed by atoms with Crippen molar-refractivity contribution < 1.29 is 9.53 Å². The molecular weight excluding hydrogens is 342 g/mol. The molecule has 2 heterocycles. The predicted octanol–water partition coefficient (Wildman–Crippen LogP) is 3.44. The van der Waals surface area contributed by atoms with Gasteiger partial charge in [0.2, 0.25) is 0 Å². The average Bonchev–Trinajstić information content (AvgIpc) is 3.01. The number of amides is 1. The number of hydrogen-bond donors (Lipinski definition) is 1. The summed E-state index contributed by atoms with van der Waals surface area (Å²) in [4.78, 5) is 21.1. The first kappa shape index (κ1) is 18.6. The standard InChI is InChI=1S/C20H23N5O2/c1-20(2,3)19-21-11-14(12-22-19)18(26)23-17-10-16(24-25(17)4)13-6-8-15(27-5)9-7-13/h6-12H,1-5H3,(H,23,26). The highest BCUT2D eigenvalue weighted by Gasteiger charge is 2.18. The molecule has 0 aliphatic carbocycles. The molecule has 0 unspecified atom stereocenters. The zero-order valence-electron chi connectivity index (χ0n) is 16.1. The highest BCUT2D eigenvalue weighted by Crippen LogP contribution is 2.24. The maximum absolute atomic E-state index is 12.5. The van der Waals surface area contributed by atoms with Gasteiger partial charge in [-0.1, -0.05) is 20.8 Å². The molecule has 2 aromatic heterocycles. The Morgan fingerprint density at radius 1 is 1.11 bits per heavy atom. The van der Waals surface area contributed by atoms with Crippen LogP contribution in [0.25, 0.3) is 11.3 Å². The Hall–Kier alpha value is -3.22. The highest BCUT2D eigenvalue weighted by molar-refractivity contribution is 6.03. The van der Waals surface area contributed by atoms with Crippen molar-refractivity contribution in [3.63, 3.8) is 0 Å². The average molecular weight is 365 g/mol. The van der Waals surface area contributed by atoms with E-state index in [0.29, 0.717) is 17.2 Å². The second-order valence-electron chi connectivity index (χ2n) is 7.27. The molecule has 1 amide bonds. The van der Waals surface area contributed by atoms with Crippen LogP contribution in [0.15, 0.2) is 42.7 Å². The molecule has 3 aromatic rings. The van der Waals surface area contributed by atoms with E-state index in [2.05, 4.69) is 20.4 Å². The fourth-order valence-electron chi connectivity index (χ4n) is 2.51. The van der Waals surface area contributed by atoms with Gasteiger partial charge in [-0.2, -0.15) is 5.10 Å². The largest absolute Gasteiger partial charge is 0.497 e. The molecule has 1 aromatic carbocycles. The first-order chi connectivity index (χ1) is 12.8. The third-order valence-corrected chi connectivity index (χ3v) is 4.09. The van der Waals surface area contributed by atoms with Crippen LogP contribution in [-0.4, -0.2) is 32.8 Å². The van der Waals surface area contributed by atoms with Crippen LogP contribution < -0.4 is 10.1 Å². The smallest absolute Gasteiger partial charge is 0.259 e. The van der Waals surface area contributed by atoms with E-state index in [1.165, 1.54) is 0 Å².